The van der Waals surface area contributed by atoms with Gasteiger partial charge in [0.15, 0.2) is 0 Å². The van der Waals surface area contributed by atoms with Gasteiger partial charge >= 0.3 is 0 Å². The predicted molar refractivity (Wildman–Crippen MR) is 120 cm³/mol. The van der Waals surface area contributed by atoms with Gasteiger partial charge in [-0.3, -0.25) is 20.4 Å². The van der Waals surface area contributed by atoms with Crippen LogP contribution < -0.4 is 15.6 Å². The Balaban J connectivity index is 1.33. The van der Waals surface area contributed by atoms with E-state index < -0.39 is 15.9 Å². The van der Waals surface area contributed by atoms with Gasteiger partial charge in [-0.2, -0.15) is 0 Å². The predicted octanol–water partition coefficient (Wildman–Crippen LogP) is 3.02. The lowest BCUT2D eigenvalue weighted by Crippen LogP contribution is -2.41. The molecule has 0 fully saturated rings. The Hall–Kier alpha value is -2.95. The maximum absolute atomic E-state index is 12.4. The summed E-state index contributed by atoms with van der Waals surface area (Å²) >= 11 is 1.46. The van der Waals surface area contributed by atoms with Gasteiger partial charge in [0.1, 0.15) is 5.76 Å². The molecule has 0 saturated heterocycles. The van der Waals surface area contributed by atoms with Crippen LogP contribution in [0.2, 0.25) is 0 Å². The smallest absolute Gasteiger partial charge is 0.279 e. The Morgan fingerprint density at radius 2 is 1.88 bits per heavy atom. The average Bonchev–Trinajstić information content (AvgIpc) is 3.45. The molecule has 8 nitrogen and oxygen atoms in total. The molecule has 3 N–H and O–H groups in total. The second kappa shape index (κ2) is 9.27. The van der Waals surface area contributed by atoms with Crippen molar-refractivity contribution in [2.75, 3.05) is 0 Å². The molecule has 1 aliphatic carbocycles. The van der Waals surface area contributed by atoms with Crippen molar-refractivity contribution in [2.24, 2.45) is 5.92 Å². The number of benzene rings is 1. The first-order chi connectivity index (χ1) is 15.3. The van der Waals surface area contributed by atoms with Gasteiger partial charge in [0.25, 0.3) is 11.8 Å². The van der Waals surface area contributed by atoms with Gasteiger partial charge in [0.05, 0.1) is 22.6 Å². The number of hydrazine groups is 1. The standard InChI is InChI=1S/C22H23N3O5S2/c1-14-4-9-19-16(11-14)12-20(31-19)22(27)25-24-21(26)15-5-7-18(8-6-15)32(28,29)23-13-17-3-2-10-30-17/h2-3,5-8,10,12,14,23H,4,9,11,13H2,1H3,(H,24,26)(H,25,27). The fourth-order valence-electron chi connectivity index (χ4n) is 3.51. The Morgan fingerprint density at radius 3 is 2.59 bits per heavy atom. The second-order valence-electron chi connectivity index (χ2n) is 7.74. The fourth-order valence-corrected chi connectivity index (χ4v) is 5.61. The molecule has 0 spiro atoms. The summed E-state index contributed by atoms with van der Waals surface area (Å²) in [5.74, 6) is 0.189. The van der Waals surface area contributed by atoms with Crippen LogP contribution in [0.5, 0.6) is 0 Å². The number of rotatable bonds is 6. The van der Waals surface area contributed by atoms with E-state index in [-0.39, 0.29) is 22.9 Å². The minimum atomic E-state index is -3.76. The fraction of sp³-hybridized carbons (Fsp3) is 0.273. The zero-order chi connectivity index (χ0) is 22.7. The number of amides is 2. The highest BCUT2D eigenvalue weighted by molar-refractivity contribution is 7.89. The molecule has 2 heterocycles. The molecule has 32 heavy (non-hydrogen) atoms. The Morgan fingerprint density at radius 1 is 1.12 bits per heavy atom. The summed E-state index contributed by atoms with van der Waals surface area (Å²) in [6.45, 7) is 2.22. The molecule has 0 saturated carbocycles. The number of sulfonamides is 1. The van der Waals surface area contributed by atoms with Crippen molar-refractivity contribution in [3.05, 3.63) is 75.4 Å². The molecule has 1 aliphatic rings. The van der Waals surface area contributed by atoms with Crippen molar-refractivity contribution >= 4 is 33.2 Å². The Kier molecular flexibility index (Phi) is 6.45. The Labute approximate surface area is 190 Å². The molecule has 1 aromatic carbocycles. The van der Waals surface area contributed by atoms with Crippen LogP contribution >= 0.6 is 11.3 Å². The minimum absolute atomic E-state index is 0.0167. The number of carbonyl (C=O) groups excluding carboxylic acids is 2. The van der Waals surface area contributed by atoms with Crippen molar-refractivity contribution in [1.29, 1.82) is 0 Å². The van der Waals surface area contributed by atoms with E-state index in [0.29, 0.717) is 16.6 Å². The third-order valence-corrected chi connectivity index (χ3v) is 7.94. The van der Waals surface area contributed by atoms with E-state index >= 15 is 0 Å². The highest BCUT2D eigenvalue weighted by atomic mass is 32.2. The van der Waals surface area contributed by atoms with Gasteiger partial charge in [-0.15, -0.1) is 11.3 Å². The third-order valence-electron chi connectivity index (χ3n) is 5.29. The molecule has 1 atom stereocenters. The number of aryl methyl sites for hydroxylation is 1. The van der Waals surface area contributed by atoms with E-state index in [1.54, 1.807) is 12.1 Å². The lowest BCUT2D eigenvalue weighted by atomic mass is 9.90. The molecule has 168 valence electrons. The van der Waals surface area contributed by atoms with Gasteiger partial charge in [0.2, 0.25) is 10.0 Å². The first-order valence-electron chi connectivity index (χ1n) is 10.2. The maximum Gasteiger partial charge on any atom is 0.279 e. The van der Waals surface area contributed by atoms with Crippen LogP contribution in [0.15, 0.2) is 58.0 Å². The molecular formula is C22H23N3O5S2. The summed E-state index contributed by atoms with van der Waals surface area (Å²) < 4.78 is 32.3. The van der Waals surface area contributed by atoms with Crippen molar-refractivity contribution in [3.63, 3.8) is 0 Å². The zero-order valence-corrected chi connectivity index (χ0v) is 19.0. The van der Waals surface area contributed by atoms with Crippen LogP contribution in [0.4, 0.5) is 0 Å². The molecule has 4 rings (SSSR count). The number of furan rings is 1. The number of carbonyl (C=O) groups is 2. The van der Waals surface area contributed by atoms with E-state index in [1.165, 1.54) is 52.3 Å². The molecule has 2 amide bonds. The van der Waals surface area contributed by atoms with Gasteiger partial charge in [-0.1, -0.05) is 6.92 Å². The maximum atomic E-state index is 12.4. The van der Waals surface area contributed by atoms with E-state index in [4.69, 9.17) is 4.42 Å². The summed E-state index contributed by atoms with van der Waals surface area (Å²) in [6, 6.07) is 10.7. The second-order valence-corrected chi connectivity index (χ2v) is 10.6. The number of hydrogen-bond acceptors (Lipinski definition) is 6. The number of nitrogens with one attached hydrogen (secondary N) is 3. The van der Waals surface area contributed by atoms with Gasteiger partial charge in [0, 0.05) is 10.4 Å². The molecule has 0 aliphatic heterocycles. The topological polar surface area (TPSA) is 118 Å². The SMILES string of the molecule is CC1CCc2sc(C(=O)NNC(=O)c3ccc(S(=O)(=O)NCc4ccco4)cc3)cc2C1. The van der Waals surface area contributed by atoms with E-state index in [0.717, 1.165) is 19.3 Å². The van der Waals surface area contributed by atoms with Crippen LogP contribution in [0.1, 0.15) is 49.6 Å². The highest BCUT2D eigenvalue weighted by Crippen LogP contribution is 2.32. The van der Waals surface area contributed by atoms with Crippen molar-refractivity contribution < 1.29 is 22.4 Å². The van der Waals surface area contributed by atoms with E-state index in [1.807, 2.05) is 6.07 Å². The summed E-state index contributed by atoms with van der Waals surface area (Å²) in [4.78, 5) is 26.6. The molecule has 10 heteroatoms. The van der Waals surface area contributed by atoms with Crippen molar-refractivity contribution in [3.8, 4) is 0 Å². The summed E-state index contributed by atoms with van der Waals surface area (Å²) in [7, 11) is -3.76. The zero-order valence-electron chi connectivity index (χ0n) is 17.4. The van der Waals surface area contributed by atoms with E-state index in [2.05, 4.69) is 22.5 Å². The molecule has 0 bridgehead atoms. The van der Waals surface area contributed by atoms with Crippen molar-refractivity contribution in [2.45, 2.75) is 37.6 Å². The lowest BCUT2D eigenvalue weighted by Gasteiger charge is -2.16. The summed E-state index contributed by atoms with van der Waals surface area (Å²) in [5, 5.41) is 0. The van der Waals surface area contributed by atoms with Crippen LogP contribution in [0, 0.1) is 5.92 Å². The number of thiophene rings is 1. The molecule has 1 unspecified atom stereocenters. The van der Waals surface area contributed by atoms with Gasteiger partial charge in [-0.25, -0.2) is 13.1 Å². The number of hydrogen-bond donors (Lipinski definition) is 3. The van der Waals surface area contributed by atoms with Crippen LogP contribution in [-0.4, -0.2) is 20.2 Å². The first kappa shape index (κ1) is 22.3. The van der Waals surface area contributed by atoms with Crippen LogP contribution in [0.3, 0.4) is 0 Å². The average molecular weight is 474 g/mol. The minimum Gasteiger partial charge on any atom is -0.468 e. The largest absolute Gasteiger partial charge is 0.468 e. The first-order valence-corrected chi connectivity index (χ1v) is 12.5. The number of fused-ring (bicyclic) bond motifs is 1. The monoisotopic (exact) mass is 473 g/mol. The summed E-state index contributed by atoms with van der Waals surface area (Å²) in [6.07, 6.45) is 4.53. The van der Waals surface area contributed by atoms with Crippen LogP contribution in [0.25, 0.3) is 0 Å². The molecule has 0 radical (unpaired) electrons. The molecule has 2 aromatic heterocycles. The van der Waals surface area contributed by atoms with E-state index in [9.17, 15) is 18.0 Å². The third kappa shape index (κ3) is 5.09. The van der Waals surface area contributed by atoms with Gasteiger partial charge in [-0.05, 0) is 73.2 Å². The lowest BCUT2D eigenvalue weighted by molar-refractivity contribution is 0.0849. The highest BCUT2D eigenvalue weighted by Gasteiger charge is 2.21. The Bertz CT molecular complexity index is 1220. The normalized spacial score (nSPS) is 15.7. The quantitative estimate of drug-likeness (QED) is 0.476. The summed E-state index contributed by atoms with van der Waals surface area (Å²) in [5.41, 5.74) is 6.24. The van der Waals surface area contributed by atoms with Gasteiger partial charge < -0.3 is 4.42 Å². The van der Waals surface area contributed by atoms with Crippen LogP contribution in [-0.2, 0) is 29.4 Å². The molecular weight excluding hydrogens is 450 g/mol. The van der Waals surface area contributed by atoms with Crippen molar-refractivity contribution in [1.82, 2.24) is 15.6 Å². The molecule has 3 aromatic rings.